The van der Waals surface area contributed by atoms with Gasteiger partial charge in [-0.3, -0.25) is 9.59 Å². The first-order valence-electron chi connectivity index (χ1n) is 9.36. The maximum absolute atomic E-state index is 13.0. The predicted molar refractivity (Wildman–Crippen MR) is 102 cm³/mol. The number of benzene rings is 1. The predicted octanol–water partition coefficient (Wildman–Crippen LogP) is 2.10. The Morgan fingerprint density at radius 3 is 2.48 bits per heavy atom. The lowest BCUT2D eigenvalue weighted by molar-refractivity contribution is -0.149. The second-order valence-corrected chi connectivity index (χ2v) is 8.60. The van der Waals surface area contributed by atoms with Gasteiger partial charge in [0, 0.05) is 25.2 Å². The molecule has 1 aliphatic heterocycles. The number of carbonyl (C=O) groups excluding carboxylic acids is 2. The van der Waals surface area contributed by atoms with Gasteiger partial charge in [0.1, 0.15) is 0 Å². The number of nitrogens with zero attached hydrogens (tertiary/aromatic N) is 1. The highest BCUT2D eigenvalue weighted by Gasteiger charge is 2.33. The zero-order valence-electron chi connectivity index (χ0n) is 16.2. The monoisotopic (exact) mass is 396 g/mol. The quantitative estimate of drug-likeness (QED) is 0.713. The molecule has 1 aromatic rings. The van der Waals surface area contributed by atoms with Crippen molar-refractivity contribution in [2.75, 3.05) is 26.2 Å². The van der Waals surface area contributed by atoms with E-state index in [-0.39, 0.29) is 35.8 Å². The second kappa shape index (κ2) is 9.32. The Balaban J connectivity index is 2.15. The molecule has 1 amide bonds. The van der Waals surface area contributed by atoms with Gasteiger partial charge >= 0.3 is 5.97 Å². The van der Waals surface area contributed by atoms with Crippen molar-refractivity contribution in [2.24, 2.45) is 5.92 Å². The highest BCUT2D eigenvalue weighted by Crippen LogP contribution is 2.26. The van der Waals surface area contributed by atoms with E-state index in [1.165, 1.54) is 16.4 Å². The Morgan fingerprint density at radius 1 is 1.22 bits per heavy atom. The van der Waals surface area contributed by atoms with Crippen LogP contribution in [0.1, 0.15) is 49.0 Å². The molecule has 1 aliphatic rings. The van der Waals surface area contributed by atoms with Gasteiger partial charge in [-0.15, -0.1) is 0 Å². The fraction of sp³-hybridized carbons (Fsp3) is 0.579. The van der Waals surface area contributed by atoms with Gasteiger partial charge in [-0.1, -0.05) is 13.0 Å². The second-order valence-electron chi connectivity index (χ2n) is 6.66. The van der Waals surface area contributed by atoms with Crippen LogP contribution in [0.3, 0.4) is 0 Å². The largest absolute Gasteiger partial charge is 0.466 e. The van der Waals surface area contributed by atoms with Crippen molar-refractivity contribution in [2.45, 2.75) is 44.9 Å². The summed E-state index contributed by atoms with van der Waals surface area (Å²) in [5.41, 5.74) is 1.09. The van der Waals surface area contributed by atoms with Gasteiger partial charge in [0.15, 0.2) is 0 Å². The van der Waals surface area contributed by atoms with E-state index in [9.17, 15) is 18.0 Å². The van der Waals surface area contributed by atoms with E-state index >= 15 is 0 Å². The van der Waals surface area contributed by atoms with Crippen molar-refractivity contribution in [1.29, 1.82) is 0 Å². The number of hydrogen-bond acceptors (Lipinski definition) is 5. The molecular weight excluding hydrogens is 368 g/mol. The third kappa shape index (κ3) is 5.07. The Morgan fingerprint density at radius 2 is 1.89 bits per heavy atom. The first-order chi connectivity index (χ1) is 12.8. The first-order valence-corrected chi connectivity index (χ1v) is 10.8. The van der Waals surface area contributed by atoms with Crippen LogP contribution in [0.5, 0.6) is 0 Å². The highest BCUT2D eigenvalue weighted by atomic mass is 32.2. The summed E-state index contributed by atoms with van der Waals surface area (Å²) in [6.07, 6.45) is 1.68. The number of ether oxygens (including phenoxy) is 1. The molecule has 0 aliphatic carbocycles. The summed E-state index contributed by atoms with van der Waals surface area (Å²) >= 11 is 0. The molecule has 0 aromatic heterocycles. The molecule has 8 heteroatoms. The van der Waals surface area contributed by atoms with E-state index in [4.69, 9.17) is 4.74 Å². The lowest BCUT2D eigenvalue weighted by Gasteiger charge is -2.30. The molecule has 0 spiro atoms. The van der Waals surface area contributed by atoms with E-state index in [0.717, 1.165) is 12.0 Å². The van der Waals surface area contributed by atoms with Crippen molar-refractivity contribution < 1.29 is 22.7 Å². The van der Waals surface area contributed by atoms with Crippen molar-refractivity contribution in [1.82, 2.24) is 9.62 Å². The lowest BCUT2D eigenvalue weighted by atomic mass is 9.98. The fourth-order valence-electron chi connectivity index (χ4n) is 3.08. The highest BCUT2D eigenvalue weighted by molar-refractivity contribution is 7.89. The Labute approximate surface area is 161 Å². The topological polar surface area (TPSA) is 92.8 Å². The molecule has 1 saturated heterocycles. The minimum Gasteiger partial charge on any atom is -0.466 e. The van der Waals surface area contributed by atoms with Crippen LogP contribution in [0.4, 0.5) is 0 Å². The molecule has 0 radical (unpaired) electrons. The molecule has 1 aromatic carbocycles. The van der Waals surface area contributed by atoms with Gasteiger partial charge in [-0.05, 0) is 50.8 Å². The molecule has 7 nitrogen and oxygen atoms in total. The Kier molecular flexibility index (Phi) is 7.38. The smallest absolute Gasteiger partial charge is 0.309 e. The maximum atomic E-state index is 13.0. The summed E-state index contributed by atoms with van der Waals surface area (Å²) < 4.78 is 32.3. The van der Waals surface area contributed by atoms with Gasteiger partial charge in [-0.25, -0.2) is 8.42 Å². The van der Waals surface area contributed by atoms with E-state index in [0.29, 0.717) is 31.6 Å². The zero-order chi connectivity index (χ0) is 20.0. The SMILES string of the molecule is CCCNC(=O)c1cc(S(=O)(=O)N2CCC(C(=O)OCC)CC2)ccc1C. The van der Waals surface area contributed by atoms with Crippen LogP contribution >= 0.6 is 0 Å². The Bertz CT molecular complexity index is 783. The van der Waals surface area contributed by atoms with E-state index in [1.54, 1.807) is 19.9 Å². The van der Waals surface area contributed by atoms with Crippen LogP contribution in [0, 0.1) is 12.8 Å². The number of amides is 1. The molecule has 150 valence electrons. The van der Waals surface area contributed by atoms with Gasteiger partial charge in [0.25, 0.3) is 5.91 Å². The summed E-state index contributed by atoms with van der Waals surface area (Å²) in [6, 6.07) is 4.62. The lowest BCUT2D eigenvalue weighted by Crippen LogP contribution is -2.40. The zero-order valence-corrected chi connectivity index (χ0v) is 17.0. The molecule has 27 heavy (non-hydrogen) atoms. The van der Waals surface area contributed by atoms with Crippen molar-refractivity contribution in [3.63, 3.8) is 0 Å². The molecule has 0 saturated carbocycles. The first kappa shape index (κ1) is 21.4. The van der Waals surface area contributed by atoms with Crippen LogP contribution < -0.4 is 5.32 Å². The number of esters is 1. The summed E-state index contributed by atoms with van der Waals surface area (Å²) in [7, 11) is -3.72. The number of nitrogens with one attached hydrogen (secondary N) is 1. The van der Waals surface area contributed by atoms with Gasteiger partial charge in [-0.2, -0.15) is 4.31 Å². The van der Waals surface area contributed by atoms with E-state index in [2.05, 4.69) is 5.32 Å². The summed E-state index contributed by atoms with van der Waals surface area (Å²) in [5.74, 6) is -0.794. The van der Waals surface area contributed by atoms with Crippen molar-refractivity contribution in [3.8, 4) is 0 Å². The average Bonchev–Trinajstić information content (AvgIpc) is 2.66. The molecular formula is C19H28N2O5S. The van der Waals surface area contributed by atoms with Crippen LogP contribution in [0.25, 0.3) is 0 Å². The average molecular weight is 397 g/mol. The molecule has 2 rings (SSSR count). The van der Waals surface area contributed by atoms with Gasteiger partial charge < -0.3 is 10.1 Å². The molecule has 1 N–H and O–H groups in total. The third-order valence-electron chi connectivity index (χ3n) is 4.70. The van der Waals surface area contributed by atoms with Gasteiger partial charge in [0.05, 0.1) is 17.4 Å². The Hall–Kier alpha value is -1.93. The van der Waals surface area contributed by atoms with E-state index < -0.39 is 10.0 Å². The van der Waals surface area contributed by atoms with Crippen LogP contribution in [0.2, 0.25) is 0 Å². The third-order valence-corrected chi connectivity index (χ3v) is 6.60. The summed E-state index contributed by atoms with van der Waals surface area (Å²) in [6.45, 7) is 6.87. The van der Waals surface area contributed by atoms with E-state index in [1.807, 2.05) is 6.92 Å². The van der Waals surface area contributed by atoms with Crippen LogP contribution in [-0.4, -0.2) is 50.8 Å². The number of aryl methyl sites for hydroxylation is 1. The maximum Gasteiger partial charge on any atom is 0.309 e. The normalized spacial score (nSPS) is 16.1. The van der Waals surface area contributed by atoms with Crippen LogP contribution in [-0.2, 0) is 19.6 Å². The molecule has 0 atom stereocenters. The van der Waals surface area contributed by atoms with Crippen molar-refractivity contribution in [3.05, 3.63) is 29.3 Å². The fourth-order valence-corrected chi connectivity index (χ4v) is 4.58. The van der Waals surface area contributed by atoms with Crippen molar-refractivity contribution >= 4 is 21.9 Å². The minimum absolute atomic E-state index is 0.101. The van der Waals surface area contributed by atoms with Crippen LogP contribution in [0.15, 0.2) is 23.1 Å². The molecule has 1 fully saturated rings. The van der Waals surface area contributed by atoms with Gasteiger partial charge in [0.2, 0.25) is 10.0 Å². The minimum atomic E-state index is -3.72. The number of carbonyl (C=O) groups is 2. The number of hydrogen-bond donors (Lipinski definition) is 1. The standard InChI is InChI=1S/C19H28N2O5S/c1-4-10-20-18(22)17-13-16(7-6-14(17)3)27(24,25)21-11-8-15(9-12-21)19(23)26-5-2/h6-7,13,15H,4-5,8-12H2,1-3H3,(H,20,22). The summed E-state index contributed by atoms with van der Waals surface area (Å²) in [4.78, 5) is 24.2. The number of sulfonamides is 1. The molecule has 1 heterocycles. The number of rotatable bonds is 7. The molecule has 0 unspecified atom stereocenters. The number of piperidine rings is 1. The summed E-state index contributed by atoms with van der Waals surface area (Å²) in [5, 5.41) is 2.78. The molecule has 0 bridgehead atoms.